The van der Waals surface area contributed by atoms with Crippen molar-refractivity contribution in [2.45, 2.75) is 32.6 Å². The molecule has 0 atom stereocenters. The Morgan fingerprint density at radius 2 is 2.18 bits per heavy atom. The largest absolute Gasteiger partial charge is 0.409 e. The van der Waals surface area contributed by atoms with Gasteiger partial charge in [0.1, 0.15) is 5.41 Å². The van der Waals surface area contributed by atoms with Crippen LogP contribution in [0.5, 0.6) is 0 Å². The summed E-state index contributed by atoms with van der Waals surface area (Å²) in [6, 6.07) is 0. The monoisotopic (exact) mass is 243 g/mol. The van der Waals surface area contributed by atoms with Crippen LogP contribution in [0.4, 0.5) is 0 Å². The molecule has 0 heterocycles. The van der Waals surface area contributed by atoms with Gasteiger partial charge in [-0.05, 0) is 19.8 Å². The molecule has 1 fully saturated rings. The lowest BCUT2D eigenvalue weighted by atomic mass is 9.84. The third kappa shape index (κ3) is 3.09. The molecular weight excluding hydrogens is 222 g/mol. The number of nitrogens with two attached hydrogens (primary N) is 1. The molecule has 0 bridgehead atoms. The normalized spacial score (nSPS) is 19.2. The molecule has 1 saturated carbocycles. The van der Waals surface area contributed by atoms with Gasteiger partial charge in [0.15, 0.2) is 5.84 Å². The summed E-state index contributed by atoms with van der Waals surface area (Å²) in [5, 5.41) is 14.6. The number of oxime groups is 1. The summed E-state index contributed by atoms with van der Waals surface area (Å²) >= 11 is 0. The predicted octanol–water partition coefficient (Wildman–Crippen LogP) is 0.446. The van der Waals surface area contributed by atoms with Crippen LogP contribution in [0, 0.1) is 5.41 Å². The number of ether oxygens (including phenoxy) is 1. The molecule has 98 valence electrons. The molecule has 0 aromatic carbocycles. The number of carbonyl (C=O) groups excluding carboxylic acids is 1. The fourth-order valence-electron chi connectivity index (χ4n) is 2.22. The van der Waals surface area contributed by atoms with Crippen LogP contribution in [0.15, 0.2) is 5.16 Å². The molecular formula is C11H21N3O3. The van der Waals surface area contributed by atoms with Crippen LogP contribution in [0.3, 0.4) is 0 Å². The van der Waals surface area contributed by atoms with Crippen molar-refractivity contribution < 1.29 is 14.7 Å². The summed E-state index contributed by atoms with van der Waals surface area (Å²) in [5.74, 6) is -0.145. The van der Waals surface area contributed by atoms with Gasteiger partial charge in [-0.1, -0.05) is 18.0 Å². The third-order valence-electron chi connectivity index (χ3n) is 3.23. The molecule has 1 amide bonds. The minimum absolute atomic E-state index is 0.0175. The Bertz CT molecular complexity index is 286. The summed E-state index contributed by atoms with van der Waals surface area (Å²) in [6.07, 6.45) is 3.14. The number of nitrogens with one attached hydrogen (secondary N) is 1. The topological polar surface area (TPSA) is 96.9 Å². The van der Waals surface area contributed by atoms with E-state index >= 15 is 0 Å². The van der Waals surface area contributed by atoms with Gasteiger partial charge in [-0.25, -0.2) is 0 Å². The predicted molar refractivity (Wildman–Crippen MR) is 63.8 cm³/mol. The zero-order valence-corrected chi connectivity index (χ0v) is 10.2. The van der Waals surface area contributed by atoms with Crippen molar-refractivity contribution in [3.63, 3.8) is 0 Å². The molecule has 0 saturated heterocycles. The molecule has 17 heavy (non-hydrogen) atoms. The highest BCUT2D eigenvalue weighted by Gasteiger charge is 2.45. The molecule has 1 rings (SSSR count). The molecule has 0 radical (unpaired) electrons. The molecule has 4 N–H and O–H groups in total. The Labute approximate surface area is 101 Å². The number of hydrogen-bond donors (Lipinski definition) is 3. The Hall–Kier alpha value is -1.30. The standard InChI is InChI=1S/C11H21N3O3/c1-2-17-8-7-13-10(15)11(9(12)14-16)5-3-4-6-11/h16H,2-8H2,1H3,(H2,12,14)(H,13,15). The summed E-state index contributed by atoms with van der Waals surface area (Å²) in [5.41, 5.74) is 4.83. The molecule has 1 aliphatic carbocycles. The maximum Gasteiger partial charge on any atom is 0.234 e. The quantitative estimate of drug-likeness (QED) is 0.207. The first-order valence-corrected chi connectivity index (χ1v) is 6.01. The first kappa shape index (κ1) is 13.8. The smallest absolute Gasteiger partial charge is 0.234 e. The zero-order chi connectivity index (χ0) is 12.7. The van der Waals surface area contributed by atoms with Gasteiger partial charge in [-0.15, -0.1) is 0 Å². The molecule has 0 unspecified atom stereocenters. The number of amidine groups is 1. The molecule has 0 aromatic rings. The molecule has 6 heteroatoms. The van der Waals surface area contributed by atoms with Crippen molar-refractivity contribution in [3.8, 4) is 0 Å². The first-order valence-electron chi connectivity index (χ1n) is 6.01. The number of hydrogen-bond acceptors (Lipinski definition) is 4. The number of amides is 1. The molecule has 0 aromatic heterocycles. The second-order valence-electron chi connectivity index (χ2n) is 4.23. The molecule has 6 nitrogen and oxygen atoms in total. The second kappa shape index (κ2) is 6.44. The van der Waals surface area contributed by atoms with Crippen molar-refractivity contribution in [2.75, 3.05) is 19.8 Å². The fourth-order valence-corrected chi connectivity index (χ4v) is 2.22. The lowest BCUT2D eigenvalue weighted by Crippen LogP contribution is -2.48. The van der Waals surface area contributed by atoms with Crippen molar-refractivity contribution >= 4 is 11.7 Å². The van der Waals surface area contributed by atoms with Crippen LogP contribution < -0.4 is 11.1 Å². The maximum absolute atomic E-state index is 12.1. The summed E-state index contributed by atoms with van der Waals surface area (Å²) in [7, 11) is 0. The Morgan fingerprint density at radius 3 is 2.71 bits per heavy atom. The van der Waals surface area contributed by atoms with Gasteiger partial charge in [-0.3, -0.25) is 4.79 Å². The maximum atomic E-state index is 12.1. The van der Waals surface area contributed by atoms with Crippen molar-refractivity contribution in [3.05, 3.63) is 0 Å². The summed E-state index contributed by atoms with van der Waals surface area (Å²) < 4.78 is 5.14. The summed E-state index contributed by atoms with van der Waals surface area (Å²) in [6.45, 7) is 3.46. The van der Waals surface area contributed by atoms with E-state index in [9.17, 15) is 4.79 Å². The van der Waals surface area contributed by atoms with Gasteiger partial charge in [-0.2, -0.15) is 0 Å². The van der Waals surface area contributed by atoms with Crippen LogP contribution in [0.25, 0.3) is 0 Å². The first-order chi connectivity index (χ1) is 8.17. The Morgan fingerprint density at radius 1 is 1.53 bits per heavy atom. The highest BCUT2D eigenvalue weighted by Crippen LogP contribution is 2.38. The van der Waals surface area contributed by atoms with E-state index < -0.39 is 5.41 Å². The number of carbonyl (C=O) groups is 1. The number of nitrogens with zero attached hydrogens (tertiary/aromatic N) is 1. The minimum atomic E-state index is -0.818. The second-order valence-corrected chi connectivity index (χ2v) is 4.23. The lowest BCUT2D eigenvalue weighted by molar-refractivity contribution is -0.127. The Kier molecular flexibility index (Phi) is 5.21. The molecule has 0 spiro atoms. The van der Waals surface area contributed by atoms with Gasteiger partial charge in [0.2, 0.25) is 5.91 Å². The average molecular weight is 243 g/mol. The highest BCUT2D eigenvalue weighted by molar-refractivity contribution is 6.07. The fraction of sp³-hybridized carbons (Fsp3) is 0.818. The summed E-state index contributed by atoms with van der Waals surface area (Å²) in [4.78, 5) is 12.1. The van der Waals surface area contributed by atoms with Crippen molar-refractivity contribution in [1.82, 2.24) is 5.32 Å². The Balaban J connectivity index is 2.56. The van der Waals surface area contributed by atoms with Crippen LogP contribution in [0.2, 0.25) is 0 Å². The lowest BCUT2D eigenvalue weighted by Gasteiger charge is -2.25. The SMILES string of the molecule is CCOCCNC(=O)C1(C(N)=NO)CCCC1. The zero-order valence-electron chi connectivity index (χ0n) is 10.2. The van der Waals surface area contributed by atoms with Gasteiger partial charge in [0.25, 0.3) is 0 Å². The van der Waals surface area contributed by atoms with E-state index in [2.05, 4.69) is 10.5 Å². The highest BCUT2D eigenvalue weighted by atomic mass is 16.5. The van der Waals surface area contributed by atoms with E-state index in [1.165, 1.54) is 0 Å². The van der Waals surface area contributed by atoms with E-state index in [-0.39, 0.29) is 11.7 Å². The van der Waals surface area contributed by atoms with Crippen LogP contribution in [-0.2, 0) is 9.53 Å². The van der Waals surface area contributed by atoms with E-state index in [1.807, 2.05) is 6.92 Å². The molecule has 0 aliphatic heterocycles. The van der Waals surface area contributed by atoms with E-state index in [0.717, 1.165) is 12.8 Å². The van der Waals surface area contributed by atoms with E-state index in [4.69, 9.17) is 15.7 Å². The van der Waals surface area contributed by atoms with Gasteiger partial charge in [0, 0.05) is 13.2 Å². The third-order valence-corrected chi connectivity index (χ3v) is 3.23. The number of rotatable bonds is 6. The molecule has 1 aliphatic rings. The van der Waals surface area contributed by atoms with E-state index in [1.54, 1.807) is 0 Å². The van der Waals surface area contributed by atoms with E-state index in [0.29, 0.717) is 32.6 Å². The van der Waals surface area contributed by atoms with Crippen LogP contribution in [-0.4, -0.2) is 36.7 Å². The minimum Gasteiger partial charge on any atom is -0.409 e. The van der Waals surface area contributed by atoms with Crippen molar-refractivity contribution in [1.29, 1.82) is 0 Å². The van der Waals surface area contributed by atoms with Crippen LogP contribution >= 0.6 is 0 Å². The average Bonchev–Trinajstić information content (AvgIpc) is 2.84. The van der Waals surface area contributed by atoms with Gasteiger partial charge in [0.05, 0.1) is 6.61 Å². The van der Waals surface area contributed by atoms with Gasteiger partial charge >= 0.3 is 0 Å². The van der Waals surface area contributed by atoms with Crippen LogP contribution in [0.1, 0.15) is 32.6 Å². The van der Waals surface area contributed by atoms with Crippen molar-refractivity contribution in [2.24, 2.45) is 16.3 Å². The van der Waals surface area contributed by atoms with Gasteiger partial charge < -0.3 is 21.0 Å².